The van der Waals surface area contributed by atoms with Gasteiger partial charge in [-0.15, -0.1) is 10.2 Å². The van der Waals surface area contributed by atoms with E-state index in [4.69, 9.17) is 5.11 Å². The molecule has 0 saturated carbocycles. The second-order valence-corrected chi connectivity index (χ2v) is 4.65. The number of hydrogen-bond donors (Lipinski definition) is 1. The van der Waals surface area contributed by atoms with Crippen molar-refractivity contribution in [3.8, 4) is 0 Å². The summed E-state index contributed by atoms with van der Waals surface area (Å²) in [6.07, 6.45) is 0.502. The predicted molar refractivity (Wildman–Crippen MR) is 69.0 cm³/mol. The van der Waals surface area contributed by atoms with Gasteiger partial charge in [0, 0.05) is 10.9 Å². The first kappa shape index (κ1) is 10.7. The summed E-state index contributed by atoms with van der Waals surface area (Å²) in [7, 11) is 0. The molecule has 2 aromatic heterocycles. The van der Waals surface area contributed by atoms with Gasteiger partial charge < -0.3 is 5.11 Å². The summed E-state index contributed by atoms with van der Waals surface area (Å²) in [5, 5.41) is 18.4. The quantitative estimate of drug-likeness (QED) is 0.787. The molecule has 0 saturated heterocycles. The average molecular weight is 292 g/mol. The van der Waals surface area contributed by atoms with Crippen molar-refractivity contribution in [3.63, 3.8) is 0 Å². The maximum atomic E-state index is 9.05. The first-order valence-electron chi connectivity index (χ1n) is 5.33. The van der Waals surface area contributed by atoms with Gasteiger partial charge in [-0.3, -0.25) is 4.40 Å². The summed E-state index contributed by atoms with van der Waals surface area (Å²) in [4.78, 5) is 0. The van der Waals surface area contributed by atoms with Crippen LogP contribution < -0.4 is 0 Å². The zero-order valence-electron chi connectivity index (χ0n) is 8.97. The van der Waals surface area contributed by atoms with E-state index in [1.165, 1.54) is 0 Å². The molecule has 0 bridgehead atoms. The molecule has 0 atom stereocenters. The molecule has 0 spiro atoms. The van der Waals surface area contributed by atoms with Gasteiger partial charge in [0.05, 0.1) is 12.1 Å². The van der Waals surface area contributed by atoms with Crippen LogP contribution in [0.5, 0.6) is 0 Å². The van der Waals surface area contributed by atoms with Crippen LogP contribution in [0.4, 0.5) is 0 Å². The summed E-state index contributed by atoms with van der Waals surface area (Å²) < 4.78 is 2.98. The largest absolute Gasteiger partial charge is 0.396 e. The van der Waals surface area contributed by atoms with E-state index in [9.17, 15) is 0 Å². The Labute approximate surface area is 106 Å². The molecule has 1 aromatic carbocycles. The van der Waals surface area contributed by atoms with Crippen LogP contribution in [0, 0.1) is 0 Å². The van der Waals surface area contributed by atoms with Crippen molar-refractivity contribution >= 4 is 32.5 Å². The van der Waals surface area contributed by atoms with Gasteiger partial charge in [-0.25, -0.2) is 0 Å². The van der Waals surface area contributed by atoms with E-state index in [-0.39, 0.29) is 6.61 Å². The number of nitrogens with zero attached hydrogens (tertiary/aromatic N) is 3. The van der Waals surface area contributed by atoms with Crippen LogP contribution in [0.15, 0.2) is 34.8 Å². The Morgan fingerprint density at radius 2 is 2.06 bits per heavy atom. The molecule has 1 N–H and O–H groups in total. The Kier molecular flexibility index (Phi) is 2.57. The van der Waals surface area contributed by atoms with Gasteiger partial charge in [0.15, 0.2) is 5.65 Å². The standard InChI is InChI=1S/C12H10BrN3O/c13-9-3-1-2-8-4-5-10-14-15-11(6-7-17)16(10)12(8)9/h1-5,17H,6-7H2. The zero-order chi connectivity index (χ0) is 11.8. The third-order valence-electron chi connectivity index (χ3n) is 2.74. The third kappa shape index (κ3) is 1.62. The summed E-state index contributed by atoms with van der Waals surface area (Å²) in [6.45, 7) is 0.0711. The van der Waals surface area contributed by atoms with Gasteiger partial charge in [-0.2, -0.15) is 0 Å². The Balaban J connectivity index is 2.47. The smallest absolute Gasteiger partial charge is 0.161 e. The fraction of sp³-hybridized carbons (Fsp3) is 0.167. The summed E-state index contributed by atoms with van der Waals surface area (Å²) in [5.41, 5.74) is 1.84. The topological polar surface area (TPSA) is 50.4 Å². The molecule has 0 aliphatic rings. The number of aromatic nitrogens is 3. The highest BCUT2D eigenvalue weighted by atomic mass is 79.9. The van der Waals surface area contributed by atoms with E-state index in [2.05, 4.69) is 26.1 Å². The van der Waals surface area contributed by atoms with Crippen molar-refractivity contribution in [1.82, 2.24) is 14.6 Å². The molecule has 0 aliphatic carbocycles. The molecule has 0 unspecified atom stereocenters. The van der Waals surface area contributed by atoms with Crippen LogP contribution in [0.1, 0.15) is 5.82 Å². The number of para-hydroxylation sites is 1. The molecule has 5 heteroatoms. The lowest BCUT2D eigenvalue weighted by Gasteiger charge is -2.05. The Morgan fingerprint density at radius 3 is 2.88 bits per heavy atom. The van der Waals surface area contributed by atoms with Crippen LogP contribution in [0.25, 0.3) is 16.6 Å². The number of rotatable bonds is 2. The second-order valence-electron chi connectivity index (χ2n) is 3.79. The van der Waals surface area contributed by atoms with Gasteiger partial charge in [0.2, 0.25) is 0 Å². The number of benzene rings is 1. The maximum absolute atomic E-state index is 9.05. The van der Waals surface area contributed by atoms with E-state index >= 15 is 0 Å². The minimum atomic E-state index is 0.0711. The van der Waals surface area contributed by atoms with Crippen molar-refractivity contribution in [2.24, 2.45) is 0 Å². The molecular weight excluding hydrogens is 282 g/mol. The minimum absolute atomic E-state index is 0.0711. The zero-order valence-corrected chi connectivity index (χ0v) is 10.6. The number of aliphatic hydroxyl groups is 1. The van der Waals surface area contributed by atoms with E-state index in [1.807, 2.05) is 34.7 Å². The first-order chi connectivity index (χ1) is 8.31. The minimum Gasteiger partial charge on any atom is -0.396 e. The molecule has 0 amide bonds. The van der Waals surface area contributed by atoms with Crippen LogP contribution in [-0.2, 0) is 6.42 Å². The van der Waals surface area contributed by atoms with Gasteiger partial charge in [0.1, 0.15) is 5.82 Å². The number of fused-ring (bicyclic) bond motifs is 3. The van der Waals surface area contributed by atoms with Crippen LogP contribution >= 0.6 is 15.9 Å². The Bertz CT molecular complexity index is 693. The molecular formula is C12H10BrN3O. The van der Waals surface area contributed by atoms with E-state index in [0.717, 1.165) is 26.8 Å². The lowest BCUT2D eigenvalue weighted by atomic mass is 10.2. The highest BCUT2D eigenvalue weighted by molar-refractivity contribution is 9.10. The summed E-state index contributed by atoms with van der Waals surface area (Å²) in [5.74, 6) is 0.778. The van der Waals surface area contributed by atoms with Crippen molar-refractivity contribution in [2.75, 3.05) is 6.61 Å². The average Bonchev–Trinajstić information content (AvgIpc) is 2.73. The third-order valence-corrected chi connectivity index (χ3v) is 3.38. The fourth-order valence-corrected chi connectivity index (χ4v) is 2.57. The molecule has 0 aliphatic heterocycles. The van der Waals surface area contributed by atoms with Crippen LogP contribution in [-0.4, -0.2) is 26.3 Å². The van der Waals surface area contributed by atoms with Crippen LogP contribution in [0.3, 0.4) is 0 Å². The molecule has 0 radical (unpaired) electrons. The maximum Gasteiger partial charge on any atom is 0.161 e. The molecule has 17 heavy (non-hydrogen) atoms. The molecule has 4 nitrogen and oxygen atoms in total. The molecule has 3 rings (SSSR count). The molecule has 3 aromatic rings. The van der Waals surface area contributed by atoms with E-state index in [0.29, 0.717) is 6.42 Å². The number of hydrogen-bond acceptors (Lipinski definition) is 3. The highest BCUT2D eigenvalue weighted by Gasteiger charge is 2.10. The van der Waals surface area contributed by atoms with E-state index < -0.39 is 0 Å². The lowest BCUT2D eigenvalue weighted by molar-refractivity contribution is 0.296. The molecule has 86 valence electrons. The number of halogens is 1. The Morgan fingerprint density at radius 1 is 1.18 bits per heavy atom. The monoisotopic (exact) mass is 291 g/mol. The molecule has 2 heterocycles. The first-order valence-corrected chi connectivity index (χ1v) is 6.12. The predicted octanol–water partition coefficient (Wildman–Crippen LogP) is 2.18. The van der Waals surface area contributed by atoms with Crippen molar-refractivity contribution in [3.05, 3.63) is 40.6 Å². The van der Waals surface area contributed by atoms with E-state index in [1.54, 1.807) is 0 Å². The van der Waals surface area contributed by atoms with Gasteiger partial charge >= 0.3 is 0 Å². The van der Waals surface area contributed by atoms with Crippen molar-refractivity contribution in [2.45, 2.75) is 6.42 Å². The number of aliphatic hydroxyl groups excluding tert-OH is 1. The normalized spacial score (nSPS) is 11.4. The van der Waals surface area contributed by atoms with Crippen molar-refractivity contribution < 1.29 is 5.11 Å². The van der Waals surface area contributed by atoms with Gasteiger partial charge in [-0.05, 0) is 39.5 Å². The summed E-state index contributed by atoms with van der Waals surface area (Å²) in [6, 6.07) is 9.98. The van der Waals surface area contributed by atoms with Crippen molar-refractivity contribution in [1.29, 1.82) is 0 Å². The van der Waals surface area contributed by atoms with Crippen LogP contribution in [0.2, 0.25) is 0 Å². The second kappa shape index (κ2) is 4.09. The fourth-order valence-electron chi connectivity index (χ4n) is 2.01. The molecule has 0 fully saturated rings. The van der Waals surface area contributed by atoms with Gasteiger partial charge in [0.25, 0.3) is 0 Å². The SMILES string of the molecule is OCCc1nnc2ccc3cccc(Br)c3n12. The lowest BCUT2D eigenvalue weighted by Crippen LogP contribution is -1.99. The number of pyridine rings is 1. The highest BCUT2D eigenvalue weighted by Crippen LogP contribution is 2.25. The Hall–Kier alpha value is -1.46. The van der Waals surface area contributed by atoms with Gasteiger partial charge in [-0.1, -0.05) is 12.1 Å². The summed E-state index contributed by atoms with van der Waals surface area (Å²) >= 11 is 3.55.